The van der Waals surface area contributed by atoms with Crippen molar-refractivity contribution < 1.29 is 45.3 Å². The van der Waals surface area contributed by atoms with Crippen molar-refractivity contribution >= 4 is 12.0 Å². The summed E-state index contributed by atoms with van der Waals surface area (Å²) in [6.45, 7) is 3.01. The summed E-state index contributed by atoms with van der Waals surface area (Å²) in [6.07, 6.45) is -10.9. The summed E-state index contributed by atoms with van der Waals surface area (Å²) in [6, 6.07) is 1.66. The number of alkyl halides is 6. The molecule has 0 saturated heterocycles. The van der Waals surface area contributed by atoms with Gasteiger partial charge in [-0.3, -0.25) is 0 Å². The van der Waals surface area contributed by atoms with E-state index < -0.39 is 41.7 Å². The number of esters is 1. The van der Waals surface area contributed by atoms with Gasteiger partial charge in [0.2, 0.25) is 6.10 Å². The van der Waals surface area contributed by atoms with Gasteiger partial charge in [0.25, 0.3) is 0 Å². The van der Waals surface area contributed by atoms with Crippen LogP contribution in [0.4, 0.5) is 26.3 Å². The molecule has 0 aliphatic carbocycles. The van der Waals surface area contributed by atoms with Crippen molar-refractivity contribution in [2.45, 2.75) is 45.3 Å². The molecule has 0 N–H and O–H groups in total. The third-order valence-corrected chi connectivity index (χ3v) is 3.56. The first kappa shape index (κ1) is 22.5. The highest BCUT2D eigenvalue weighted by Crippen LogP contribution is 2.41. The Bertz CT molecular complexity index is 858. The lowest BCUT2D eigenvalue weighted by molar-refractivity contribution is -0.274. The molecule has 158 valence electrons. The summed E-state index contributed by atoms with van der Waals surface area (Å²) in [4.78, 5) is 12.0. The number of benzene rings is 1. The van der Waals surface area contributed by atoms with Crippen molar-refractivity contribution in [3.63, 3.8) is 0 Å². The third kappa shape index (κ3) is 5.82. The summed E-state index contributed by atoms with van der Waals surface area (Å²) < 4.78 is 91.6. The third-order valence-electron chi connectivity index (χ3n) is 3.56. The van der Waals surface area contributed by atoms with E-state index in [0.29, 0.717) is 12.8 Å². The van der Waals surface area contributed by atoms with Gasteiger partial charge in [-0.1, -0.05) is 18.8 Å². The highest BCUT2D eigenvalue weighted by molar-refractivity contribution is 5.96. The fourth-order valence-corrected chi connectivity index (χ4v) is 2.48. The molecule has 0 spiro atoms. The second kappa shape index (κ2) is 8.68. The molecule has 0 amide bonds. The van der Waals surface area contributed by atoms with E-state index in [2.05, 4.69) is 21.3 Å². The minimum atomic E-state index is -5.03. The number of fused-ring (bicyclic) bond motifs is 1. The summed E-state index contributed by atoms with van der Waals surface area (Å²) in [5.74, 6) is 2.76. The van der Waals surface area contributed by atoms with Crippen molar-refractivity contribution in [1.29, 1.82) is 0 Å². The van der Waals surface area contributed by atoms with Gasteiger partial charge in [-0.15, -0.1) is 13.2 Å². The molecule has 1 atom stereocenters. The summed E-state index contributed by atoms with van der Waals surface area (Å²) in [7, 11) is 0. The van der Waals surface area contributed by atoms with Crippen molar-refractivity contribution in [2.75, 3.05) is 6.61 Å². The van der Waals surface area contributed by atoms with Gasteiger partial charge in [0.15, 0.2) is 0 Å². The molecule has 1 aliphatic rings. The summed E-state index contributed by atoms with van der Waals surface area (Å²) >= 11 is 0. The van der Waals surface area contributed by atoms with Crippen LogP contribution in [0.1, 0.15) is 37.8 Å². The van der Waals surface area contributed by atoms with Crippen LogP contribution in [0, 0.1) is 11.8 Å². The maximum atomic E-state index is 13.4. The van der Waals surface area contributed by atoms with Crippen LogP contribution >= 0.6 is 0 Å². The first-order valence-electron chi connectivity index (χ1n) is 8.51. The van der Waals surface area contributed by atoms with E-state index >= 15 is 0 Å². The van der Waals surface area contributed by atoms with Crippen LogP contribution in [-0.4, -0.2) is 31.2 Å². The van der Waals surface area contributed by atoms with E-state index in [1.807, 2.05) is 0 Å². The number of carbonyl (C=O) groups is 1. The van der Waals surface area contributed by atoms with Gasteiger partial charge < -0.3 is 14.2 Å². The molecule has 0 aromatic heterocycles. The zero-order chi connectivity index (χ0) is 21.8. The summed E-state index contributed by atoms with van der Waals surface area (Å²) in [5.41, 5.74) is -1.32. The topological polar surface area (TPSA) is 44.8 Å². The fourth-order valence-electron chi connectivity index (χ4n) is 2.48. The van der Waals surface area contributed by atoms with Gasteiger partial charge in [0, 0.05) is 12.0 Å². The highest BCUT2D eigenvalue weighted by atomic mass is 19.4. The van der Waals surface area contributed by atoms with Crippen LogP contribution in [0.25, 0.3) is 6.08 Å². The Morgan fingerprint density at radius 2 is 1.86 bits per heavy atom. The highest BCUT2D eigenvalue weighted by Gasteiger charge is 2.49. The van der Waals surface area contributed by atoms with Gasteiger partial charge >= 0.3 is 18.5 Å². The van der Waals surface area contributed by atoms with Crippen molar-refractivity contribution in [3.8, 4) is 23.3 Å². The predicted octanol–water partition coefficient (Wildman–Crippen LogP) is 5.01. The summed E-state index contributed by atoms with van der Waals surface area (Å²) in [5, 5.41) is 0. The number of unbranched alkanes of at least 4 members (excludes halogenated alkanes) is 1. The Morgan fingerprint density at radius 1 is 1.17 bits per heavy atom. The molecule has 0 saturated carbocycles. The zero-order valence-corrected chi connectivity index (χ0v) is 15.3. The molecular formula is C19H16F6O4. The minimum Gasteiger partial charge on any atom is -0.474 e. The quantitative estimate of drug-likeness (QED) is 0.389. The predicted molar refractivity (Wildman–Crippen MR) is 90.0 cm³/mol. The number of carbonyl (C=O) groups excluding carboxylic acids is 1. The SMILES string of the molecule is CCCC#Cc1cc(OC(F)(F)F)cc2c1OC(C(F)(F)F)C(C(=O)OCC)=C2. The van der Waals surface area contributed by atoms with Gasteiger partial charge in [-0.25, -0.2) is 4.79 Å². The van der Waals surface area contributed by atoms with Crippen LogP contribution in [0.15, 0.2) is 17.7 Å². The van der Waals surface area contributed by atoms with Crippen LogP contribution in [0.3, 0.4) is 0 Å². The smallest absolute Gasteiger partial charge is 0.474 e. The normalized spacial score (nSPS) is 16.0. The molecule has 2 rings (SSSR count). The molecule has 10 heteroatoms. The van der Waals surface area contributed by atoms with E-state index in [1.165, 1.54) is 6.92 Å². The van der Waals surface area contributed by atoms with Gasteiger partial charge in [0.05, 0.1) is 17.7 Å². The second-order valence-electron chi connectivity index (χ2n) is 5.85. The van der Waals surface area contributed by atoms with Crippen LogP contribution in [-0.2, 0) is 9.53 Å². The maximum Gasteiger partial charge on any atom is 0.573 e. The number of halogens is 6. The molecule has 29 heavy (non-hydrogen) atoms. The minimum absolute atomic E-state index is 0.196. The van der Waals surface area contributed by atoms with Gasteiger partial charge in [-0.05, 0) is 31.6 Å². The Hall–Kier alpha value is -2.83. The number of hydrogen-bond acceptors (Lipinski definition) is 4. The Labute approximate surface area is 162 Å². The molecular weight excluding hydrogens is 406 g/mol. The van der Waals surface area contributed by atoms with E-state index in [0.717, 1.165) is 18.2 Å². The lowest BCUT2D eigenvalue weighted by Gasteiger charge is -2.28. The maximum absolute atomic E-state index is 13.4. The Morgan fingerprint density at radius 3 is 2.41 bits per heavy atom. The Kier molecular flexibility index (Phi) is 6.72. The van der Waals surface area contributed by atoms with Gasteiger partial charge in [0.1, 0.15) is 11.5 Å². The molecule has 0 radical (unpaired) electrons. The standard InChI is InChI=1S/C19H16F6O4/c1-3-5-6-7-11-8-13(29-19(23,24)25)9-12-10-14(17(26)27-4-2)16(18(20,21)22)28-15(11)12/h8-10,16H,3-5H2,1-2H3. The van der Waals surface area contributed by atoms with Crippen molar-refractivity contribution in [3.05, 3.63) is 28.8 Å². The molecule has 1 aliphatic heterocycles. The molecule has 0 bridgehead atoms. The van der Waals surface area contributed by atoms with Crippen LogP contribution in [0.2, 0.25) is 0 Å². The molecule has 1 aromatic rings. The zero-order valence-electron chi connectivity index (χ0n) is 15.3. The van der Waals surface area contributed by atoms with Crippen LogP contribution in [0.5, 0.6) is 11.5 Å². The largest absolute Gasteiger partial charge is 0.573 e. The van der Waals surface area contributed by atoms with Crippen molar-refractivity contribution in [2.24, 2.45) is 0 Å². The lowest BCUT2D eigenvalue weighted by Crippen LogP contribution is -2.41. The monoisotopic (exact) mass is 422 g/mol. The van der Waals surface area contributed by atoms with E-state index in [4.69, 9.17) is 4.74 Å². The van der Waals surface area contributed by atoms with Gasteiger partial charge in [-0.2, -0.15) is 13.2 Å². The average molecular weight is 422 g/mol. The fraction of sp³-hybridized carbons (Fsp3) is 0.421. The first-order chi connectivity index (χ1) is 13.5. The van der Waals surface area contributed by atoms with E-state index in [-0.39, 0.29) is 17.7 Å². The Balaban J connectivity index is 2.65. The first-order valence-corrected chi connectivity index (χ1v) is 8.51. The molecule has 1 heterocycles. The van der Waals surface area contributed by atoms with Crippen molar-refractivity contribution in [1.82, 2.24) is 0 Å². The van der Waals surface area contributed by atoms with E-state index in [1.54, 1.807) is 6.92 Å². The lowest BCUT2D eigenvalue weighted by atomic mass is 9.98. The number of hydrogen-bond donors (Lipinski definition) is 0. The van der Waals surface area contributed by atoms with E-state index in [9.17, 15) is 31.1 Å². The number of rotatable bonds is 4. The average Bonchev–Trinajstić information content (AvgIpc) is 2.58. The molecule has 4 nitrogen and oxygen atoms in total. The van der Waals surface area contributed by atoms with Crippen LogP contribution < -0.4 is 9.47 Å². The molecule has 1 unspecified atom stereocenters. The number of ether oxygens (including phenoxy) is 3. The molecule has 1 aromatic carbocycles. The second-order valence-corrected chi connectivity index (χ2v) is 5.85. The molecule has 0 fully saturated rings.